The SMILES string of the molecule is COc1cc(OC)c(C(=O)O)cc1OC.COc1cc(OC)c(OC)cc1C=O. The lowest BCUT2D eigenvalue weighted by Gasteiger charge is -2.11. The van der Waals surface area contributed by atoms with Gasteiger partial charge in [0.05, 0.1) is 48.2 Å². The van der Waals surface area contributed by atoms with Gasteiger partial charge in [0.25, 0.3) is 0 Å². The van der Waals surface area contributed by atoms with Crippen molar-refractivity contribution in [1.82, 2.24) is 0 Å². The zero-order chi connectivity index (χ0) is 22.0. The van der Waals surface area contributed by atoms with Gasteiger partial charge in [0.2, 0.25) is 0 Å². The van der Waals surface area contributed by atoms with Crippen LogP contribution in [0.3, 0.4) is 0 Å². The van der Waals surface area contributed by atoms with Gasteiger partial charge in [-0.05, 0) is 6.07 Å². The van der Waals surface area contributed by atoms with Crippen LogP contribution in [-0.2, 0) is 0 Å². The van der Waals surface area contributed by atoms with Crippen molar-refractivity contribution in [3.8, 4) is 34.5 Å². The fourth-order valence-electron chi connectivity index (χ4n) is 2.34. The molecule has 0 amide bonds. The topological polar surface area (TPSA) is 110 Å². The van der Waals surface area contributed by atoms with Crippen LogP contribution < -0.4 is 28.4 Å². The van der Waals surface area contributed by atoms with E-state index in [-0.39, 0.29) is 11.3 Å². The van der Waals surface area contributed by atoms with Gasteiger partial charge in [-0.3, -0.25) is 4.79 Å². The average Bonchev–Trinajstić information content (AvgIpc) is 2.77. The third kappa shape index (κ3) is 5.68. The van der Waals surface area contributed by atoms with Gasteiger partial charge < -0.3 is 33.5 Å². The Hall–Kier alpha value is -3.62. The zero-order valence-electron chi connectivity index (χ0n) is 17.1. The molecule has 1 N–H and O–H groups in total. The van der Waals surface area contributed by atoms with E-state index < -0.39 is 5.97 Å². The van der Waals surface area contributed by atoms with Gasteiger partial charge >= 0.3 is 5.97 Å². The predicted molar refractivity (Wildman–Crippen MR) is 105 cm³/mol. The second-order valence-corrected chi connectivity index (χ2v) is 5.28. The molecule has 0 saturated carbocycles. The van der Waals surface area contributed by atoms with Crippen LogP contribution >= 0.6 is 0 Å². The maximum Gasteiger partial charge on any atom is 0.339 e. The van der Waals surface area contributed by atoms with Crippen molar-refractivity contribution in [2.24, 2.45) is 0 Å². The van der Waals surface area contributed by atoms with E-state index in [0.29, 0.717) is 40.6 Å². The van der Waals surface area contributed by atoms with Crippen molar-refractivity contribution < 1.29 is 43.1 Å². The van der Waals surface area contributed by atoms with Crippen LogP contribution in [0.4, 0.5) is 0 Å². The van der Waals surface area contributed by atoms with Gasteiger partial charge in [-0.25, -0.2) is 4.79 Å². The van der Waals surface area contributed by atoms with E-state index in [2.05, 4.69) is 0 Å². The van der Waals surface area contributed by atoms with Crippen molar-refractivity contribution in [2.45, 2.75) is 0 Å². The zero-order valence-corrected chi connectivity index (χ0v) is 17.1. The molecule has 0 aliphatic heterocycles. The number of hydrogen-bond acceptors (Lipinski definition) is 8. The van der Waals surface area contributed by atoms with Gasteiger partial charge in [0, 0.05) is 18.2 Å². The van der Waals surface area contributed by atoms with E-state index in [1.54, 1.807) is 12.1 Å². The molecule has 9 heteroatoms. The van der Waals surface area contributed by atoms with E-state index in [0.717, 1.165) is 0 Å². The summed E-state index contributed by atoms with van der Waals surface area (Å²) in [5, 5.41) is 8.90. The Morgan fingerprint density at radius 3 is 1.41 bits per heavy atom. The van der Waals surface area contributed by atoms with Crippen LogP contribution in [-0.4, -0.2) is 60.0 Å². The number of ether oxygens (including phenoxy) is 6. The Morgan fingerprint density at radius 2 is 1.03 bits per heavy atom. The van der Waals surface area contributed by atoms with Gasteiger partial charge in [-0.15, -0.1) is 0 Å². The summed E-state index contributed by atoms with van der Waals surface area (Å²) < 4.78 is 30.0. The molecule has 0 fully saturated rings. The standard InChI is InChI=1S/C10H12O5.C10H12O4/c1-13-7-5-9(15-3)8(14-2)4-6(7)10(11)12;1-12-8-5-10(14-3)9(13-2)4-7(8)6-11/h4-5H,1-3H3,(H,11,12);4-6H,1-3H3. The minimum Gasteiger partial charge on any atom is -0.496 e. The molecule has 0 aromatic heterocycles. The highest BCUT2D eigenvalue weighted by molar-refractivity contribution is 5.92. The molecule has 0 atom stereocenters. The summed E-state index contributed by atoms with van der Waals surface area (Å²) in [4.78, 5) is 21.5. The van der Waals surface area contributed by atoms with Crippen molar-refractivity contribution >= 4 is 12.3 Å². The Bertz CT molecular complexity index is 846. The van der Waals surface area contributed by atoms with Crippen LogP contribution in [0.15, 0.2) is 24.3 Å². The van der Waals surface area contributed by atoms with Crippen LogP contribution in [0.2, 0.25) is 0 Å². The van der Waals surface area contributed by atoms with Gasteiger partial charge in [-0.1, -0.05) is 0 Å². The molecule has 0 aliphatic rings. The highest BCUT2D eigenvalue weighted by Crippen LogP contribution is 2.35. The molecule has 29 heavy (non-hydrogen) atoms. The van der Waals surface area contributed by atoms with Crippen LogP contribution in [0.5, 0.6) is 34.5 Å². The van der Waals surface area contributed by atoms with E-state index in [4.69, 9.17) is 33.5 Å². The molecule has 2 rings (SSSR count). The van der Waals surface area contributed by atoms with Crippen molar-refractivity contribution in [1.29, 1.82) is 0 Å². The Balaban J connectivity index is 0.000000291. The maximum atomic E-state index is 10.9. The van der Waals surface area contributed by atoms with E-state index >= 15 is 0 Å². The number of aldehydes is 1. The Kier molecular flexibility index (Phi) is 9.11. The molecular weight excluding hydrogens is 384 g/mol. The first-order valence-corrected chi connectivity index (χ1v) is 8.19. The van der Waals surface area contributed by atoms with Crippen LogP contribution in [0, 0.1) is 0 Å². The lowest BCUT2D eigenvalue weighted by molar-refractivity contribution is 0.0692. The minimum absolute atomic E-state index is 0.0372. The number of carbonyl (C=O) groups excluding carboxylic acids is 1. The molecule has 0 saturated heterocycles. The van der Waals surface area contributed by atoms with Gasteiger partial charge in [-0.2, -0.15) is 0 Å². The minimum atomic E-state index is -1.08. The molecule has 0 radical (unpaired) electrons. The monoisotopic (exact) mass is 408 g/mol. The van der Waals surface area contributed by atoms with E-state index in [1.165, 1.54) is 54.8 Å². The number of aromatic carboxylic acids is 1. The highest BCUT2D eigenvalue weighted by Gasteiger charge is 2.16. The molecule has 0 bridgehead atoms. The second kappa shape index (κ2) is 11.3. The number of carboxylic acids is 1. The highest BCUT2D eigenvalue weighted by atomic mass is 16.5. The maximum absolute atomic E-state index is 10.9. The van der Waals surface area contributed by atoms with Crippen molar-refractivity contribution in [3.63, 3.8) is 0 Å². The largest absolute Gasteiger partial charge is 0.496 e. The number of benzene rings is 2. The van der Waals surface area contributed by atoms with Gasteiger partial charge in [0.1, 0.15) is 17.1 Å². The van der Waals surface area contributed by atoms with Gasteiger partial charge in [0.15, 0.2) is 29.3 Å². The normalized spacial score (nSPS) is 9.45. The lowest BCUT2D eigenvalue weighted by Crippen LogP contribution is -2.02. The smallest absolute Gasteiger partial charge is 0.339 e. The quantitative estimate of drug-likeness (QED) is 0.659. The van der Waals surface area contributed by atoms with Crippen molar-refractivity contribution in [3.05, 3.63) is 35.4 Å². The Labute approximate surface area is 168 Å². The molecule has 0 unspecified atom stereocenters. The summed E-state index contributed by atoms with van der Waals surface area (Å²) >= 11 is 0. The Morgan fingerprint density at radius 1 is 0.655 bits per heavy atom. The van der Waals surface area contributed by atoms with Crippen LogP contribution in [0.25, 0.3) is 0 Å². The molecule has 158 valence electrons. The van der Waals surface area contributed by atoms with E-state index in [9.17, 15) is 9.59 Å². The first kappa shape index (κ1) is 23.4. The third-order valence-electron chi connectivity index (χ3n) is 3.80. The second-order valence-electron chi connectivity index (χ2n) is 5.28. The predicted octanol–water partition coefficient (Wildman–Crippen LogP) is 2.94. The number of hydrogen-bond donors (Lipinski definition) is 1. The summed E-state index contributed by atoms with van der Waals surface area (Å²) in [5.41, 5.74) is 0.473. The average molecular weight is 408 g/mol. The molecule has 0 aliphatic carbocycles. The number of carbonyl (C=O) groups is 2. The molecule has 9 nitrogen and oxygen atoms in total. The third-order valence-corrected chi connectivity index (χ3v) is 3.80. The fraction of sp³-hybridized carbons (Fsp3) is 0.300. The summed E-state index contributed by atoms with van der Waals surface area (Å²) in [6.45, 7) is 0. The number of carboxylic acid groups (broad SMARTS) is 1. The summed E-state index contributed by atoms with van der Waals surface area (Å²) in [5.74, 6) is 1.46. The summed E-state index contributed by atoms with van der Waals surface area (Å²) in [7, 11) is 8.84. The molecule has 0 spiro atoms. The number of methoxy groups -OCH3 is 6. The first-order valence-electron chi connectivity index (χ1n) is 8.19. The van der Waals surface area contributed by atoms with Crippen LogP contribution in [0.1, 0.15) is 20.7 Å². The van der Waals surface area contributed by atoms with E-state index in [1.807, 2.05) is 0 Å². The fourth-order valence-corrected chi connectivity index (χ4v) is 2.34. The van der Waals surface area contributed by atoms with Crippen molar-refractivity contribution in [2.75, 3.05) is 42.7 Å². The molecule has 0 heterocycles. The first-order chi connectivity index (χ1) is 13.9. The summed E-state index contributed by atoms with van der Waals surface area (Å²) in [6.07, 6.45) is 0.709. The molecule has 2 aromatic rings. The molecular formula is C20H24O9. The lowest BCUT2D eigenvalue weighted by atomic mass is 10.2. The molecule has 2 aromatic carbocycles. The number of rotatable bonds is 8. The summed E-state index contributed by atoms with van der Waals surface area (Å²) in [6, 6.07) is 6.02.